The summed E-state index contributed by atoms with van der Waals surface area (Å²) in [6.07, 6.45) is 3.52. The standard InChI is InChI=1S/C15H19BrFNO/c16-8-7-12-4-3-9-18(11-12)15(19)10-13-5-1-2-6-14(13)17/h1-2,5-6,12H,3-4,7-11H2. The topological polar surface area (TPSA) is 20.3 Å². The van der Waals surface area contributed by atoms with Crippen molar-refractivity contribution in [1.82, 2.24) is 4.90 Å². The number of alkyl halides is 1. The smallest absolute Gasteiger partial charge is 0.227 e. The lowest BCUT2D eigenvalue weighted by Gasteiger charge is -2.32. The van der Waals surface area contributed by atoms with Gasteiger partial charge in [0, 0.05) is 18.4 Å². The van der Waals surface area contributed by atoms with E-state index in [9.17, 15) is 9.18 Å². The second-order valence-electron chi connectivity index (χ2n) is 5.09. The average Bonchev–Trinajstić information content (AvgIpc) is 2.42. The highest BCUT2D eigenvalue weighted by atomic mass is 79.9. The molecule has 104 valence electrons. The van der Waals surface area contributed by atoms with Crippen LogP contribution in [0.2, 0.25) is 0 Å². The molecule has 1 aliphatic heterocycles. The maximum atomic E-state index is 13.5. The van der Waals surface area contributed by atoms with Crippen LogP contribution in [0.25, 0.3) is 0 Å². The summed E-state index contributed by atoms with van der Waals surface area (Å²) < 4.78 is 13.5. The van der Waals surface area contributed by atoms with Crippen molar-refractivity contribution in [1.29, 1.82) is 0 Å². The zero-order valence-corrected chi connectivity index (χ0v) is 12.5. The summed E-state index contributed by atoms with van der Waals surface area (Å²) in [4.78, 5) is 14.1. The van der Waals surface area contributed by atoms with Crippen LogP contribution in [0.5, 0.6) is 0 Å². The van der Waals surface area contributed by atoms with Gasteiger partial charge in [-0.05, 0) is 36.8 Å². The Morgan fingerprint density at radius 1 is 1.42 bits per heavy atom. The van der Waals surface area contributed by atoms with E-state index in [2.05, 4.69) is 15.9 Å². The molecule has 2 nitrogen and oxygen atoms in total. The van der Waals surface area contributed by atoms with E-state index >= 15 is 0 Å². The maximum absolute atomic E-state index is 13.5. The Balaban J connectivity index is 1.94. The average molecular weight is 328 g/mol. The minimum absolute atomic E-state index is 0.0457. The quantitative estimate of drug-likeness (QED) is 0.776. The molecular formula is C15H19BrFNO. The molecule has 19 heavy (non-hydrogen) atoms. The predicted molar refractivity (Wildman–Crippen MR) is 77.8 cm³/mol. The third kappa shape index (κ3) is 4.03. The highest BCUT2D eigenvalue weighted by molar-refractivity contribution is 9.09. The Kier molecular flexibility index (Phi) is 5.37. The number of carbonyl (C=O) groups excluding carboxylic acids is 1. The van der Waals surface area contributed by atoms with E-state index in [0.29, 0.717) is 11.5 Å². The van der Waals surface area contributed by atoms with Gasteiger partial charge in [-0.15, -0.1) is 0 Å². The molecule has 4 heteroatoms. The van der Waals surface area contributed by atoms with Crippen molar-refractivity contribution < 1.29 is 9.18 Å². The molecule has 0 bridgehead atoms. The summed E-state index contributed by atoms with van der Waals surface area (Å²) in [5, 5.41) is 0.979. The zero-order valence-electron chi connectivity index (χ0n) is 10.9. The molecule has 0 saturated carbocycles. The Bertz CT molecular complexity index is 436. The number of carbonyl (C=O) groups is 1. The Morgan fingerprint density at radius 3 is 2.95 bits per heavy atom. The molecule has 1 atom stereocenters. The molecule has 1 amide bonds. The van der Waals surface area contributed by atoms with Crippen LogP contribution in [0.1, 0.15) is 24.8 Å². The number of hydrogen-bond acceptors (Lipinski definition) is 1. The lowest BCUT2D eigenvalue weighted by molar-refractivity contribution is -0.132. The highest BCUT2D eigenvalue weighted by Crippen LogP contribution is 2.21. The van der Waals surface area contributed by atoms with E-state index in [1.165, 1.54) is 12.5 Å². The van der Waals surface area contributed by atoms with Crippen molar-refractivity contribution >= 4 is 21.8 Å². The van der Waals surface area contributed by atoms with E-state index in [4.69, 9.17) is 0 Å². The number of rotatable bonds is 4. The molecule has 1 fully saturated rings. The molecule has 1 aromatic carbocycles. The van der Waals surface area contributed by atoms with Crippen molar-refractivity contribution in [3.63, 3.8) is 0 Å². The predicted octanol–water partition coefficient (Wildman–Crippen LogP) is 3.39. The van der Waals surface area contributed by atoms with Gasteiger partial charge in [0.1, 0.15) is 5.82 Å². The van der Waals surface area contributed by atoms with Crippen LogP contribution < -0.4 is 0 Å². The molecule has 1 heterocycles. The summed E-state index contributed by atoms with van der Waals surface area (Å²) in [5.41, 5.74) is 0.495. The molecule has 0 N–H and O–H groups in total. The summed E-state index contributed by atoms with van der Waals surface area (Å²) in [6.45, 7) is 1.63. The molecule has 1 saturated heterocycles. The van der Waals surface area contributed by atoms with Gasteiger partial charge in [0.2, 0.25) is 5.91 Å². The number of benzene rings is 1. The van der Waals surface area contributed by atoms with Crippen LogP contribution in [0.3, 0.4) is 0 Å². The summed E-state index contributed by atoms with van der Waals surface area (Å²) >= 11 is 3.45. The molecule has 0 spiro atoms. The van der Waals surface area contributed by atoms with Gasteiger partial charge in [-0.3, -0.25) is 4.79 Å². The largest absolute Gasteiger partial charge is 0.342 e. The van der Waals surface area contributed by atoms with Crippen LogP contribution in [-0.4, -0.2) is 29.2 Å². The van der Waals surface area contributed by atoms with Gasteiger partial charge in [0.15, 0.2) is 0 Å². The van der Waals surface area contributed by atoms with Gasteiger partial charge in [-0.25, -0.2) is 4.39 Å². The fourth-order valence-electron chi connectivity index (χ4n) is 2.60. The molecule has 0 aromatic heterocycles. The first-order valence-electron chi connectivity index (χ1n) is 6.78. The van der Waals surface area contributed by atoms with Crippen molar-refractivity contribution in [3.8, 4) is 0 Å². The number of likely N-dealkylation sites (tertiary alicyclic amines) is 1. The van der Waals surface area contributed by atoms with Gasteiger partial charge >= 0.3 is 0 Å². The fraction of sp³-hybridized carbons (Fsp3) is 0.533. The Labute approximate surface area is 122 Å². The van der Waals surface area contributed by atoms with Crippen LogP contribution in [0.15, 0.2) is 24.3 Å². The minimum Gasteiger partial charge on any atom is -0.342 e. The van der Waals surface area contributed by atoms with Crippen molar-refractivity contribution in [3.05, 3.63) is 35.6 Å². The van der Waals surface area contributed by atoms with E-state index in [-0.39, 0.29) is 18.1 Å². The maximum Gasteiger partial charge on any atom is 0.227 e. The first-order valence-corrected chi connectivity index (χ1v) is 7.90. The zero-order chi connectivity index (χ0) is 13.7. The summed E-state index contributed by atoms with van der Waals surface area (Å²) in [6, 6.07) is 6.52. The fourth-order valence-corrected chi connectivity index (χ4v) is 3.25. The molecule has 1 unspecified atom stereocenters. The van der Waals surface area contributed by atoms with E-state index in [0.717, 1.165) is 31.3 Å². The van der Waals surface area contributed by atoms with Crippen molar-refractivity contribution in [2.75, 3.05) is 18.4 Å². The van der Waals surface area contributed by atoms with Gasteiger partial charge in [-0.2, -0.15) is 0 Å². The SMILES string of the molecule is O=C(Cc1ccccc1F)N1CCCC(CCBr)C1. The lowest BCUT2D eigenvalue weighted by atomic mass is 9.95. The van der Waals surface area contributed by atoms with Gasteiger partial charge in [0.25, 0.3) is 0 Å². The number of halogens is 2. The lowest BCUT2D eigenvalue weighted by Crippen LogP contribution is -2.40. The molecule has 1 aromatic rings. The molecular weight excluding hydrogens is 309 g/mol. The first kappa shape index (κ1) is 14.5. The van der Waals surface area contributed by atoms with Crippen LogP contribution in [0.4, 0.5) is 4.39 Å². The Morgan fingerprint density at radius 2 is 2.21 bits per heavy atom. The van der Waals surface area contributed by atoms with Crippen LogP contribution in [-0.2, 0) is 11.2 Å². The second kappa shape index (κ2) is 7.04. The van der Waals surface area contributed by atoms with Crippen LogP contribution in [0, 0.1) is 11.7 Å². The third-order valence-corrected chi connectivity index (χ3v) is 4.15. The van der Waals surface area contributed by atoms with E-state index < -0.39 is 0 Å². The Hall–Kier alpha value is -0.900. The van der Waals surface area contributed by atoms with Crippen LogP contribution >= 0.6 is 15.9 Å². The summed E-state index contributed by atoms with van der Waals surface area (Å²) in [5.74, 6) is 0.340. The monoisotopic (exact) mass is 327 g/mol. The molecule has 2 rings (SSSR count). The third-order valence-electron chi connectivity index (χ3n) is 3.69. The van der Waals surface area contributed by atoms with Gasteiger partial charge in [-0.1, -0.05) is 34.1 Å². The number of nitrogens with zero attached hydrogens (tertiary/aromatic N) is 1. The number of amides is 1. The van der Waals surface area contributed by atoms with E-state index in [1.807, 2.05) is 4.90 Å². The van der Waals surface area contributed by atoms with Gasteiger partial charge < -0.3 is 4.90 Å². The number of hydrogen-bond donors (Lipinski definition) is 0. The normalized spacial score (nSPS) is 19.5. The first-order chi connectivity index (χ1) is 9.20. The minimum atomic E-state index is -0.287. The van der Waals surface area contributed by atoms with Crippen molar-refractivity contribution in [2.45, 2.75) is 25.7 Å². The van der Waals surface area contributed by atoms with Crippen molar-refractivity contribution in [2.24, 2.45) is 5.92 Å². The highest BCUT2D eigenvalue weighted by Gasteiger charge is 2.23. The summed E-state index contributed by atoms with van der Waals surface area (Å²) in [7, 11) is 0. The van der Waals surface area contributed by atoms with Gasteiger partial charge in [0.05, 0.1) is 6.42 Å². The second-order valence-corrected chi connectivity index (χ2v) is 5.89. The number of piperidine rings is 1. The molecule has 0 aliphatic carbocycles. The van der Waals surface area contributed by atoms with E-state index in [1.54, 1.807) is 18.2 Å². The molecule has 0 radical (unpaired) electrons. The molecule has 1 aliphatic rings.